The molecule has 0 aliphatic heterocycles. The average molecular weight is 305 g/mol. The fourth-order valence-electron chi connectivity index (χ4n) is 1.92. The molecule has 2 N–H and O–H groups in total. The van der Waals surface area contributed by atoms with Gasteiger partial charge in [0.15, 0.2) is 5.76 Å². The number of carbonyl (C=O) groups is 1. The molecule has 112 valence electrons. The predicted octanol–water partition coefficient (Wildman–Crippen LogP) is 2.79. The molecule has 0 saturated heterocycles. The molecule has 1 aromatic carbocycles. The van der Waals surface area contributed by atoms with E-state index in [9.17, 15) is 4.79 Å². The largest absolute Gasteiger partial charge is 0.459 e. The minimum absolute atomic E-state index is 0.193. The maximum absolute atomic E-state index is 12.1. The first kappa shape index (κ1) is 15.7. The first-order valence-electron chi connectivity index (χ1n) is 6.92. The summed E-state index contributed by atoms with van der Waals surface area (Å²) in [5, 5.41) is 11.5. The zero-order chi connectivity index (χ0) is 14.9. The first-order chi connectivity index (χ1) is 10.3. The van der Waals surface area contributed by atoms with E-state index in [1.165, 1.54) is 6.26 Å². The van der Waals surface area contributed by atoms with Crippen LogP contribution in [0.25, 0.3) is 11.1 Å². The van der Waals surface area contributed by atoms with Crippen molar-refractivity contribution in [2.24, 2.45) is 0 Å². The van der Waals surface area contributed by atoms with Crippen LogP contribution in [-0.4, -0.2) is 35.7 Å². The van der Waals surface area contributed by atoms with Gasteiger partial charge in [-0.2, -0.15) is 11.8 Å². The van der Waals surface area contributed by atoms with Crippen molar-refractivity contribution >= 4 is 17.7 Å². The summed E-state index contributed by atoms with van der Waals surface area (Å²) in [6, 6.07) is 11.5. The molecule has 0 spiro atoms. The van der Waals surface area contributed by atoms with Crippen molar-refractivity contribution < 1.29 is 14.3 Å². The highest BCUT2D eigenvalue weighted by Gasteiger charge is 2.15. The van der Waals surface area contributed by atoms with E-state index in [2.05, 4.69) is 5.32 Å². The Morgan fingerprint density at radius 1 is 1.19 bits per heavy atom. The highest BCUT2D eigenvalue weighted by atomic mass is 32.2. The van der Waals surface area contributed by atoms with Gasteiger partial charge < -0.3 is 14.8 Å². The summed E-state index contributed by atoms with van der Waals surface area (Å²) in [5.41, 5.74) is 1.77. The molecule has 0 bridgehead atoms. The van der Waals surface area contributed by atoms with Gasteiger partial charge in [0, 0.05) is 24.5 Å². The van der Waals surface area contributed by atoms with Crippen molar-refractivity contribution in [2.75, 3.05) is 24.7 Å². The molecule has 2 rings (SSSR count). The SMILES string of the molecule is O=C(NCCSCCCO)c1occc1-c1ccccc1. The van der Waals surface area contributed by atoms with E-state index in [1.807, 2.05) is 30.3 Å². The Morgan fingerprint density at radius 3 is 2.76 bits per heavy atom. The minimum Gasteiger partial charge on any atom is -0.459 e. The second kappa shape index (κ2) is 8.54. The van der Waals surface area contributed by atoms with Crippen LogP contribution < -0.4 is 5.32 Å². The summed E-state index contributed by atoms with van der Waals surface area (Å²) >= 11 is 1.71. The summed E-state index contributed by atoms with van der Waals surface area (Å²) in [7, 11) is 0. The standard InChI is InChI=1S/C16H19NO3S/c18-9-4-11-21-12-8-17-16(19)15-14(7-10-20-15)13-5-2-1-3-6-13/h1-3,5-7,10,18H,4,8-9,11-12H2,(H,17,19). The minimum atomic E-state index is -0.193. The lowest BCUT2D eigenvalue weighted by Crippen LogP contribution is -2.25. The molecule has 0 aliphatic rings. The summed E-state index contributed by atoms with van der Waals surface area (Å²) in [4.78, 5) is 12.1. The molecule has 0 aliphatic carbocycles. The number of benzene rings is 1. The van der Waals surface area contributed by atoms with E-state index in [1.54, 1.807) is 17.8 Å². The molecule has 21 heavy (non-hydrogen) atoms. The lowest BCUT2D eigenvalue weighted by molar-refractivity contribution is 0.0929. The summed E-state index contributed by atoms with van der Waals surface area (Å²) in [6.07, 6.45) is 2.32. The molecule has 4 nitrogen and oxygen atoms in total. The Balaban J connectivity index is 1.88. The Hall–Kier alpha value is -1.72. The normalized spacial score (nSPS) is 10.5. The average Bonchev–Trinajstić information content (AvgIpc) is 3.01. The van der Waals surface area contributed by atoms with Gasteiger partial charge in [0.05, 0.1) is 6.26 Å². The van der Waals surface area contributed by atoms with Crippen molar-refractivity contribution in [1.29, 1.82) is 0 Å². The fraction of sp³-hybridized carbons (Fsp3) is 0.312. The smallest absolute Gasteiger partial charge is 0.287 e. The van der Waals surface area contributed by atoms with Gasteiger partial charge in [-0.3, -0.25) is 4.79 Å². The molecule has 5 heteroatoms. The maximum atomic E-state index is 12.1. The molecule has 2 aromatic rings. The summed E-state index contributed by atoms with van der Waals surface area (Å²) in [5.74, 6) is 1.89. The maximum Gasteiger partial charge on any atom is 0.287 e. The number of aliphatic hydroxyl groups is 1. The first-order valence-corrected chi connectivity index (χ1v) is 8.08. The quantitative estimate of drug-likeness (QED) is 0.736. The molecular weight excluding hydrogens is 286 g/mol. The molecular formula is C16H19NO3S. The summed E-state index contributed by atoms with van der Waals surface area (Å²) in [6.45, 7) is 0.802. The molecule has 1 aromatic heterocycles. The molecule has 0 radical (unpaired) electrons. The monoisotopic (exact) mass is 305 g/mol. The van der Waals surface area contributed by atoms with Crippen molar-refractivity contribution in [3.05, 3.63) is 48.4 Å². The molecule has 1 heterocycles. The molecule has 0 saturated carbocycles. The van der Waals surface area contributed by atoms with Crippen LogP contribution in [0.15, 0.2) is 47.1 Å². The number of nitrogens with one attached hydrogen (secondary N) is 1. The van der Waals surface area contributed by atoms with Gasteiger partial charge in [-0.25, -0.2) is 0 Å². The number of amides is 1. The van der Waals surface area contributed by atoms with Crippen molar-refractivity contribution in [1.82, 2.24) is 5.32 Å². The van der Waals surface area contributed by atoms with Gasteiger partial charge in [0.2, 0.25) is 0 Å². The van der Waals surface area contributed by atoms with Crippen LogP contribution in [0, 0.1) is 0 Å². The summed E-state index contributed by atoms with van der Waals surface area (Å²) < 4.78 is 5.32. The van der Waals surface area contributed by atoms with E-state index in [0.717, 1.165) is 29.1 Å². The molecule has 0 atom stereocenters. The third kappa shape index (κ3) is 4.65. The number of hydrogen-bond donors (Lipinski definition) is 2. The third-order valence-corrected chi connectivity index (χ3v) is 4.01. The van der Waals surface area contributed by atoms with Crippen LogP contribution in [0.2, 0.25) is 0 Å². The van der Waals surface area contributed by atoms with Crippen LogP contribution in [-0.2, 0) is 0 Å². The lowest BCUT2D eigenvalue weighted by atomic mass is 10.1. The van der Waals surface area contributed by atoms with Crippen LogP contribution in [0.3, 0.4) is 0 Å². The predicted molar refractivity (Wildman–Crippen MR) is 85.5 cm³/mol. The number of hydrogen-bond acceptors (Lipinski definition) is 4. The zero-order valence-corrected chi connectivity index (χ0v) is 12.6. The Morgan fingerprint density at radius 2 is 2.00 bits per heavy atom. The van der Waals surface area contributed by atoms with E-state index in [-0.39, 0.29) is 12.5 Å². The van der Waals surface area contributed by atoms with Crippen LogP contribution in [0.4, 0.5) is 0 Å². The van der Waals surface area contributed by atoms with Crippen LogP contribution in [0.5, 0.6) is 0 Å². The molecule has 0 unspecified atom stereocenters. The van der Waals surface area contributed by atoms with Crippen LogP contribution >= 0.6 is 11.8 Å². The highest BCUT2D eigenvalue weighted by Crippen LogP contribution is 2.24. The van der Waals surface area contributed by atoms with Gasteiger partial charge in [0.1, 0.15) is 0 Å². The number of carbonyl (C=O) groups excluding carboxylic acids is 1. The van der Waals surface area contributed by atoms with E-state index in [0.29, 0.717) is 12.3 Å². The second-order valence-corrected chi connectivity index (χ2v) is 5.70. The van der Waals surface area contributed by atoms with Gasteiger partial charge in [-0.05, 0) is 23.8 Å². The fourth-order valence-corrected chi connectivity index (χ4v) is 2.70. The van der Waals surface area contributed by atoms with E-state index in [4.69, 9.17) is 9.52 Å². The van der Waals surface area contributed by atoms with Gasteiger partial charge in [-0.15, -0.1) is 0 Å². The lowest BCUT2D eigenvalue weighted by Gasteiger charge is -2.05. The highest BCUT2D eigenvalue weighted by molar-refractivity contribution is 7.99. The van der Waals surface area contributed by atoms with Crippen molar-refractivity contribution in [3.63, 3.8) is 0 Å². The van der Waals surface area contributed by atoms with E-state index >= 15 is 0 Å². The third-order valence-electron chi connectivity index (χ3n) is 2.93. The topological polar surface area (TPSA) is 62.5 Å². The Kier molecular flexibility index (Phi) is 6.37. The van der Waals surface area contributed by atoms with Gasteiger partial charge in [0.25, 0.3) is 5.91 Å². The van der Waals surface area contributed by atoms with Gasteiger partial charge >= 0.3 is 0 Å². The van der Waals surface area contributed by atoms with E-state index < -0.39 is 0 Å². The van der Waals surface area contributed by atoms with Crippen LogP contribution in [0.1, 0.15) is 17.0 Å². The number of furan rings is 1. The molecule has 1 amide bonds. The van der Waals surface area contributed by atoms with Crippen molar-refractivity contribution in [2.45, 2.75) is 6.42 Å². The number of aliphatic hydroxyl groups excluding tert-OH is 1. The molecule has 0 fully saturated rings. The Labute approximate surface area is 128 Å². The second-order valence-electron chi connectivity index (χ2n) is 4.47. The van der Waals surface area contributed by atoms with Gasteiger partial charge in [-0.1, -0.05) is 30.3 Å². The number of thioether (sulfide) groups is 1. The Bertz CT molecular complexity index is 554. The number of rotatable bonds is 8. The van der Waals surface area contributed by atoms with Crippen molar-refractivity contribution in [3.8, 4) is 11.1 Å². The zero-order valence-electron chi connectivity index (χ0n) is 11.7.